The van der Waals surface area contributed by atoms with Crippen molar-refractivity contribution in [2.45, 2.75) is 34.1 Å². The lowest BCUT2D eigenvalue weighted by atomic mass is 10.1. The average Bonchev–Trinajstić information content (AvgIpc) is 2.67. The van der Waals surface area contributed by atoms with E-state index >= 15 is 0 Å². The Hall–Kier alpha value is -2.12. The van der Waals surface area contributed by atoms with Gasteiger partial charge in [0, 0.05) is 17.3 Å². The number of hydrogen-bond donors (Lipinski definition) is 2. The first kappa shape index (κ1) is 24.2. The van der Waals surface area contributed by atoms with Crippen LogP contribution in [-0.2, 0) is 0 Å². The predicted molar refractivity (Wildman–Crippen MR) is 130 cm³/mol. The number of amides is 1. The summed E-state index contributed by atoms with van der Waals surface area (Å²) in [4.78, 5) is 12.5. The predicted octanol–water partition coefficient (Wildman–Crippen LogP) is 6.04. The second-order valence-corrected chi connectivity index (χ2v) is 9.08. The summed E-state index contributed by atoms with van der Waals surface area (Å²) in [6, 6.07) is 12.7. The quantitative estimate of drug-likeness (QED) is 0.418. The zero-order chi connectivity index (χ0) is 22.1. The molecular formula is C23H29BrN2O3S. The molecule has 2 rings (SSSR count). The molecule has 2 N–H and O–H groups in total. The van der Waals surface area contributed by atoms with Gasteiger partial charge in [-0.05, 0) is 76.7 Å². The maximum absolute atomic E-state index is 12.5. The van der Waals surface area contributed by atoms with Crippen LogP contribution >= 0.6 is 28.1 Å². The van der Waals surface area contributed by atoms with Crippen LogP contribution in [-0.4, -0.2) is 24.2 Å². The minimum absolute atomic E-state index is 0.217. The molecule has 0 atom stereocenters. The maximum Gasteiger partial charge on any atom is 0.257 e. The molecule has 0 saturated carbocycles. The van der Waals surface area contributed by atoms with Crippen LogP contribution in [0.2, 0.25) is 0 Å². The fourth-order valence-electron chi connectivity index (χ4n) is 2.43. The summed E-state index contributed by atoms with van der Waals surface area (Å²) in [7, 11) is 0. The molecule has 0 spiro atoms. The van der Waals surface area contributed by atoms with Crippen LogP contribution in [0.15, 0.2) is 46.9 Å². The average molecular weight is 493 g/mol. The number of hydrogen-bond acceptors (Lipinski definition) is 4. The minimum Gasteiger partial charge on any atom is -0.493 e. The van der Waals surface area contributed by atoms with E-state index in [0.717, 1.165) is 22.3 Å². The zero-order valence-corrected chi connectivity index (χ0v) is 20.2. The molecule has 0 aliphatic heterocycles. The van der Waals surface area contributed by atoms with Gasteiger partial charge in [0.25, 0.3) is 5.91 Å². The van der Waals surface area contributed by atoms with E-state index in [9.17, 15) is 4.79 Å². The Bertz CT molecular complexity index is 871. The molecule has 30 heavy (non-hydrogen) atoms. The van der Waals surface area contributed by atoms with E-state index in [4.69, 9.17) is 21.7 Å². The SMILES string of the molecule is CC(C)CCOc1ccc(C(=O)NC(=S)Nc2cccc(OCC(C)C)c2)cc1Br. The molecule has 0 aliphatic rings. The van der Waals surface area contributed by atoms with E-state index < -0.39 is 0 Å². The van der Waals surface area contributed by atoms with Gasteiger partial charge in [-0.2, -0.15) is 0 Å². The van der Waals surface area contributed by atoms with Crippen LogP contribution in [0.3, 0.4) is 0 Å². The lowest BCUT2D eigenvalue weighted by molar-refractivity contribution is 0.0977. The van der Waals surface area contributed by atoms with Crippen LogP contribution in [0.1, 0.15) is 44.5 Å². The molecule has 0 radical (unpaired) electrons. The number of ether oxygens (including phenoxy) is 2. The van der Waals surface area contributed by atoms with Gasteiger partial charge < -0.3 is 14.8 Å². The molecular weight excluding hydrogens is 464 g/mol. The Morgan fingerprint density at radius 3 is 2.50 bits per heavy atom. The van der Waals surface area contributed by atoms with Crippen molar-refractivity contribution >= 4 is 44.9 Å². The van der Waals surface area contributed by atoms with Crippen molar-refractivity contribution in [3.05, 3.63) is 52.5 Å². The van der Waals surface area contributed by atoms with Crippen LogP contribution in [0, 0.1) is 11.8 Å². The molecule has 0 bridgehead atoms. The minimum atomic E-state index is -0.297. The number of anilines is 1. The van der Waals surface area contributed by atoms with Crippen molar-refractivity contribution in [2.24, 2.45) is 11.8 Å². The molecule has 0 heterocycles. The number of rotatable bonds is 9. The Morgan fingerprint density at radius 1 is 1.07 bits per heavy atom. The van der Waals surface area contributed by atoms with Crippen LogP contribution in [0.25, 0.3) is 0 Å². The number of thiocarbonyl (C=S) groups is 1. The summed E-state index contributed by atoms with van der Waals surface area (Å²) < 4.78 is 12.2. The highest BCUT2D eigenvalue weighted by atomic mass is 79.9. The van der Waals surface area contributed by atoms with Gasteiger partial charge in [0.2, 0.25) is 0 Å². The van der Waals surface area contributed by atoms with Gasteiger partial charge in [0.15, 0.2) is 5.11 Å². The molecule has 5 nitrogen and oxygen atoms in total. The third-order valence-corrected chi connectivity index (χ3v) is 4.87. The summed E-state index contributed by atoms with van der Waals surface area (Å²) in [5.74, 6) is 2.18. The van der Waals surface area contributed by atoms with Gasteiger partial charge in [0.05, 0.1) is 17.7 Å². The maximum atomic E-state index is 12.5. The molecule has 0 aliphatic carbocycles. The van der Waals surface area contributed by atoms with Crippen molar-refractivity contribution < 1.29 is 14.3 Å². The van der Waals surface area contributed by atoms with E-state index in [1.807, 2.05) is 24.3 Å². The third-order valence-electron chi connectivity index (χ3n) is 4.05. The monoisotopic (exact) mass is 492 g/mol. The first-order chi connectivity index (χ1) is 14.2. The molecule has 0 fully saturated rings. The van der Waals surface area contributed by atoms with E-state index in [2.05, 4.69) is 54.3 Å². The van der Waals surface area contributed by atoms with Crippen molar-refractivity contribution in [1.29, 1.82) is 0 Å². The van der Waals surface area contributed by atoms with E-state index in [0.29, 0.717) is 36.4 Å². The lowest BCUT2D eigenvalue weighted by Gasteiger charge is -2.13. The van der Waals surface area contributed by atoms with Gasteiger partial charge >= 0.3 is 0 Å². The van der Waals surface area contributed by atoms with Gasteiger partial charge in [-0.1, -0.05) is 33.8 Å². The van der Waals surface area contributed by atoms with Gasteiger partial charge in [0.1, 0.15) is 11.5 Å². The topological polar surface area (TPSA) is 59.6 Å². The van der Waals surface area contributed by atoms with Crippen molar-refractivity contribution in [3.8, 4) is 11.5 Å². The number of carbonyl (C=O) groups excluding carboxylic acids is 1. The first-order valence-electron chi connectivity index (χ1n) is 10.0. The number of halogens is 1. The van der Waals surface area contributed by atoms with Gasteiger partial charge in [-0.15, -0.1) is 0 Å². The summed E-state index contributed by atoms with van der Waals surface area (Å²) in [5, 5.41) is 5.93. The molecule has 0 aromatic heterocycles. The van der Waals surface area contributed by atoms with Gasteiger partial charge in [-0.3, -0.25) is 10.1 Å². The number of nitrogens with one attached hydrogen (secondary N) is 2. The lowest BCUT2D eigenvalue weighted by Crippen LogP contribution is -2.34. The van der Waals surface area contributed by atoms with E-state index in [1.54, 1.807) is 18.2 Å². The van der Waals surface area contributed by atoms with Crippen LogP contribution < -0.4 is 20.1 Å². The van der Waals surface area contributed by atoms with E-state index in [-0.39, 0.29) is 11.0 Å². The molecule has 2 aromatic rings. The van der Waals surface area contributed by atoms with Crippen molar-refractivity contribution in [3.63, 3.8) is 0 Å². The van der Waals surface area contributed by atoms with Crippen molar-refractivity contribution in [2.75, 3.05) is 18.5 Å². The summed E-state index contributed by atoms with van der Waals surface area (Å²) in [6.45, 7) is 9.76. The Kier molecular flexibility index (Phi) is 9.59. The summed E-state index contributed by atoms with van der Waals surface area (Å²) in [6.07, 6.45) is 0.971. The fraction of sp³-hybridized carbons (Fsp3) is 0.391. The molecule has 0 unspecified atom stereocenters. The first-order valence-corrected chi connectivity index (χ1v) is 11.2. The standard InChI is InChI=1S/C23H29BrN2O3S/c1-15(2)10-11-28-21-9-8-17(12-20(21)24)22(27)26-23(30)25-18-6-5-7-19(13-18)29-14-16(3)4/h5-9,12-13,15-16H,10-11,14H2,1-4H3,(H2,25,26,27,30). The number of carbonyl (C=O) groups is 1. The normalized spacial score (nSPS) is 10.8. The van der Waals surface area contributed by atoms with E-state index in [1.165, 1.54) is 0 Å². The fourth-order valence-corrected chi connectivity index (χ4v) is 3.13. The third kappa shape index (κ3) is 8.32. The van der Waals surface area contributed by atoms with Crippen molar-refractivity contribution in [1.82, 2.24) is 5.32 Å². The smallest absolute Gasteiger partial charge is 0.257 e. The van der Waals surface area contributed by atoms with Crippen LogP contribution in [0.5, 0.6) is 11.5 Å². The Labute approximate surface area is 192 Å². The Balaban J connectivity index is 1.92. The number of benzene rings is 2. The molecule has 2 aromatic carbocycles. The molecule has 162 valence electrons. The molecule has 1 amide bonds. The zero-order valence-electron chi connectivity index (χ0n) is 17.8. The highest BCUT2D eigenvalue weighted by Crippen LogP contribution is 2.26. The second kappa shape index (κ2) is 11.9. The summed E-state index contributed by atoms with van der Waals surface area (Å²) >= 11 is 8.75. The second-order valence-electron chi connectivity index (χ2n) is 7.82. The highest BCUT2D eigenvalue weighted by Gasteiger charge is 2.11. The van der Waals surface area contributed by atoms with Crippen LogP contribution in [0.4, 0.5) is 5.69 Å². The Morgan fingerprint density at radius 2 is 1.83 bits per heavy atom. The summed E-state index contributed by atoms with van der Waals surface area (Å²) in [5.41, 5.74) is 1.23. The highest BCUT2D eigenvalue weighted by molar-refractivity contribution is 9.10. The van der Waals surface area contributed by atoms with Gasteiger partial charge in [-0.25, -0.2) is 0 Å². The largest absolute Gasteiger partial charge is 0.493 e. The molecule has 7 heteroatoms. The molecule has 0 saturated heterocycles.